The summed E-state index contributed by atoms with van der Waals surface area (Å²) in [7, 11) is 3.61. The van der Waals surface area contributed by atoms with Crippen LogP contribution in [0.4, 0.5) is 0 Å². The predicted octanol–water partition coefficient (Wildman–Crippen LogP) is 9.76. The van der Waals surface area contributed by atoms with E-state index in [-0.39, 0.29) is 5.69 Å². The molecule has 0 unspecified atom stereocenters. The van der Waals surface area contributed by atoms with Crippen molar-refractivity contribution < 1.29 is 0 Å². The molecule has 6 aromatic carbocycles. The van der Waals surface area contributed by atoms with Gasteiger partial charge < -0.3 is 0 Å². The smallest absolute Gasteiger partial charge is 0.295 e. The summed E-state index contributed by atoms with van der Waals surface area (Å²) in [6.45, 7) is 0. The summed E-state index contributed by atoms with van der Waals surface area (Å²) in [4.78, 5) is 27.7. The highest BCUT2D eigenvalue weighted by Gasteiger charge is 2.16. The zero-order valence-corrected chi connectivity index (χ0v) is 27.6. The van der Waals surface area contributed by atoms with E-state index >= 15 is 0 Å². The molecule has 0 saturated heterocycles. The van der Waals surface area contributed by atoms with Crippen LogP contribution in [0.3, 0.4) is 0 Å². The van der Waals surface area contributed by atoms with Gasteiger partial charge in [-0.25, -0.2) is 19.7 Å². The van der Waals surface area contributed by atoms with Gasteiger partial charge in [-0.15, -0.1) is 11.3 Å². The number of benzene rings is 6. The van der Waals surface area contributed by atoms with Gasteiger partial charge in [0.2, 0.25) is 0 Å². The number of fused-ring (bicyclic) bond motifs is 4. The monoisotopic (exact) mass is 651 g/mol. The average molecular weight is 652 g/mol. The molecule has 0 bridgehead atoms. The van der Waals surface area contributed by atoms with Gasteiger partial charge in [0.1, 0.15) is 0 Å². The number of aromatic nitrogens is 5. The molecule has 0 aliphatic rings. The van der Waals surface area contributed by atoms with Crippen LogP contribution in [0, 0.1) is 0 Å². The Morgan fingerprint density at radius 2 is 1.02 bits per heavy atom. The van der Waals surface area contributed by atoms with Gasteiger partial charge in [0.25, 0.3) is 0 Å². The minimum absolute atomic E-state index is 0.0448. The number of imidazole rings is 1. The Kier molecular flexibility index (Phi) is 6.81. The van der Waals surface area contributed by atoms with Gasteiger partial charge >= 0.3 is 5.69 Å². The highest BCUT2D eigenvalue weighted by Crippen LogP contribution is 2.40. The van der Waals surface area contributed by atoms with Crippen LogP contribution in [0.5, 0.6) is 0 Å². The van der Waals surface area contributed by atoms with Crippen LogP contribution in [0.25, 0.3) is 87.6 Å². The number of thiophene rings is 1. The zero-order chi connectivity index (χ0) is 33.1. The van der Waals surface area contributed by atoms with Crippen molar-refractivity contribution in [3.63, 3.8) is 0 Å². The normalized spacial score (nSPS) is 11.6. The summed E-state index contributed by atoms with van der Waals surface area (Å²) in [5.41, 5.74) is 8.79. The largest absolute Gasteiger partial charge is 0.328 e. The van der Waals surface area contributed by atoms with Crippen LogP contribution in [0.1, 0.15) is 0 Å². The summed E-state index contributed by atoms with van der Waals surface area (Å²) in [6.07, 6.45) is 0. The molecule has 0 fully saturated rings. The van der Waals surface area contributed by atoms with Crippen molar-refractivity contribution in [2.45, 2.75) is 0 Å². The van der Waals surface area contributed by atoms with Gasteiger partial charge in [-0.1, -0.05) is 109 Å². The van der Waals surface area contributed by atoms with Crippen LogP contribution >= 0.6 is 11.3 Å². The highest BCUT2D eigenvalue weighted by atomic mass is 32.1. The molecule has 49 heavy (non-hydrogen) atoms. The van der Waals surface area contributed by atoms with Crippen LogP contribution in [0.2, 0.25) is 0 Å². The van der Waals surface area contributed by atoms with Gasteiger partial charge in [-0.3, -0.25) is 9.13 Å². The number of nitrogens with zero attached hydrogens (tertiary/aromatic N) is 5. The lowest BCUT2D eigenvalue weighted by Crippen LogP contribution is -2.19. The number of aryl methyl sites for hydroxylation is 2. The molecule has 0 radical (unpaired) electrons. The quantitative estimate of drug-likeness (QED) is 0.186. The summed E-state index contributed by atoms with van der Waals surface area (Å²) in [6, 6.07) is 48.0. The summed E-state index contributed by atoms with van der Waals surface area (Å²) in [5.74, 6) is 1.82. The molecular weight excluding hydrogens is 623 g/mol. The molecule has 234 valence electrons. The Labute approximate surface area is 286 Å². The maximum Gasteiger partial charge on any atom is 0.328 e. The molecule has 7 heteroatoms. The lowest BCUT2D eigenvalue weighted by Gasteiger charge is -2.11. The van der Waals surface area contributed by atoms with Gasteiger partial charge in [0.15, 0.2) is 17.5 Å². The Balaban J connectivity index is 1.17. The third-order valence-corrected chi connectivity index (χ3v) is 10.4. The summed E-state index contributed by atoms with van der Waals surface area (Å²) in [5, 5.41) is 2.55. The molecule has 0 spiro atoms. The van der Waals surface area contributed by atoms with Crippen molar-refractivity contribution in [1.82, 2.24) is 24.1 Å². The van der Waals surface area contributed by atoms with Crippen molar-refractivity contribution in [1.29, 1.82) is 0 Å². The fourth-order valence-corrected chi connectivity index (χ4v) is 7.91. The van der Waals surface area contributed by atoms with E-state index in [0.29, 0.717) is 17.5 Å². The first-order chi connectivity index (χ1) is 24.0. The van der Waals surface area contributed by atoms with Crippen LogP contribution in [0.15, 0.2) is 144 Å². The van der Waals surface area contributed by atoms with Crippen molar-refractivity contribution in [3.05, 3.63) is 150 Å². The number of hydrogen-bond donors (Lipinski definition) is 0. The van der Waals surface area contributed by atoms with E-state index in [0.717, 1.165) is 44.4 Å². The average Bonchev–Trinajstić information content (AvgIpc) is 3.65. The molecule has 0 saturated carbocycles. The first kappa shape index (κ1) is 29.0. The summed E-state index contributed by atoms with van der Waals surface area (Å²) >= 11 is 1.83. The molecule has 0 N–H and O–H groups in total. The number of rotatable bonds is 5. The lowest BCUT2D eigenvalue weighted by atomic mass is 10.0. The standard InChI is InChI=1S/C42H29N5OS/c1-46-35-22-21-28(25-36(35)47(2)42(46)48)27-13-8-15-30(23-27)40-43-39(26-11-4-3-5-12-26)44-41(45-40)31-16-9-14-29(24-31)32-18-10-19-34-33-17-6-7-20-37(33)49-38(32)34/h3-25H,1-2H3. The van der Waals surface area contributed by atoms with E-state index in [9.17, 15) is 4.79 Å². The van der Waals surface area contributed by atoms with E-state index in [1.807, 2.05) is 59.9 Å². The van der Waals surface area contributed by atoms with Gasteiger partial charge in [-0.2, -0.15) is 0 Å². The van der Waals surface area contributed by atoms with E-state index < -0.39 is 0 Å². The molecule has 6 nitrogen and oxygen atoms in total. The number of hydrogen-bond acceptors (Lipinski definition) is 5. The van der Waals surface area contributed by atoms with Gasteiger partial charge in [0.05, 0.1) is 11.0 Å². The molecule has 9 aromatic rings. The van der Waals surface area contributed by atoms with Crippen LogP contribution in [-0.4, -0.2) is 24.1 Å². The predicted molar refractivity (Wildman–Crippen MR) is 202 cm³/mol. The molecule has 9 rings (SSSR count). The van der Waals surface area contributed by atoms with Crippen molar-refractivity contribution >= 4 is 42.5 Å². The first-order valence-corrected chi connectivity index (χ1v) is 16.9. The second-order valence-electron chi connectivity index (χ2n) is 12.2. The van der Waals surface area contributed by atoms with Crippen molar-refractivity contribution in [2.24, 2.45) is 14.1 Å². The SMILES string of the molecule is Cn1c(=O)n(C)c2cc(-c3cccc(-c4nc(-c5ccccc5)nc(-c5cccc(-c6cccc7c6sc6ccccc67)c5)n4)c3)ccc21. The topological polar surface area (TPSA) is 65.6 Å². The van der Waals surface area contributed by atoms with Gasteiger partial charge in [0, 0.05) is 51.0 Å². The molecule has 3 aromatic heterocycles. The molecule has 0 aliphatic carbocycles. The molecule has 0 atom stereocenters. The zero-order valence-electron chi connectivity index (χ0n) is 26.8. The van der Waals surface area contributed by atoms with Crippen molar-refractivity contribution in [2.75, 3.05) is 0 Å². The van der Waals surface area contributed by atoms with E-state index in [4.69, 9.17) is 15.0 Å². The second-order valence-corrected chi connectivity index (χ2v) is 13.3. The van der Waals surface area contributed by atoms with E-state index in [1.54, 1.807) is 23.2 Å². The van der Waals surface area contributed by atoms with Crippen LogP contribution in [-0.2, 0) is 14.1 Å². The maximum absolute atomic E-state index is 12.6. The van der Waals surface area contributed by atoms with E-state index in [1.165, 1.54) is 25.7 Å². The fourth-order valence-electron chi connectivity index (χ4n) is 6.67. The Morgan fingerprint density at radius 3 is 1.80 bits per heavy atom. The minimum Gasteiger partial charge on any atom is -0.295 e. The molecule has 0 amide bonds. The van der Waals surface area contributed by atoms with E-state index in [2.05, 4.69) is 91.0 Å². The third-order valence-electron chi connectivity index (χ3n) is 9.23. The Hall–Kier alpha value is -6.18. The fraction of sp³-hybridized carbons (Fsp3) is 0.0476. The molecule has 3 heterocycles. The molecule has 0 aliphatic heterocycles. The van der Waals surface area contributed by atoms with Crippen LogP contribution < -0.4 is 5.69 Å². The molecular formula is C42H29N5OS. The third kappa shape index (κ3) is 4.94. The second kappa shape index (κ2) is 11.5. The Bertz CT molecular complexity index is 2780. The first-order valence-electron chi connectivity index (χ1n) is 16.1. The minimum atomic E-state index is -0.0448. The lowest BCUT2D eigenvalue weighted by molar-refractivity contribution is 0.795. The maximum atomic E-state index is 12.6. The Morgan fingerprint density at radius 1 is 0.469 bits per heavy atom. The summed E-state index contributed by atoms with van der Waals surface area (Å²) < 4.78 is 5.91. The van der Waals surface area contributed by atoms with Crippen molar-refractivity contribution in [3.8, 4) is 56.4 Å². The highest BCUT2D eigenvalue weighted by molar-refractivity contribution is 7.26. The van der Waals surface area contributed by atoms with Gasteiger partial charge in [-0.05, 0) is 52.6 Å².